The van der Waals surface area contributed by atoms with Crippen molar-refractivity contribution >= 4 is 27.5 Å². The Morgan fingerprint density at radius 1 is 1.06 bits per heavy atom. The second-order valence-electron chi connectivity index (χ2n) is 13.2. The number of likely N-dealkylation sites (tertiary alicyclic amines) is 1. The first-order valence-electron chi connectivity index (χ1n) is 15.6. The van der Waals surface area contributed by atoms with E-state index < -0.39 is 34.0 Å². The first-order chi connectivity index (χ1) is 22.3. The van der Waals surface area contributed by atoms with Crippen LogP contribution in [0.2, 0.25) is 0 Å². The predicted octanol–water partition coefficient (Wildman–Crippen LogP) is 6.30. The number of hydrogen-bond donors (Lipinski definition) is 2. The fourth-order valence-corrected chi connectivity index (χ4v) is 6.88. The number of aromatic nitrogens is 2. The highest BCUT2D eigenvalue weighted by molar-refractivity contribution is 6.03. The van der Waals surface area contributed by atoms with Crippen LogP contribution in [0.5, 0.6) is 11.8 Å². The maximum absolute atomic E-state index is 16.9. The number of rotatable bonds is 6. The van der Waals surface area contributed by atoms with Gasteiger partial charge in [0.2, 0.25) is 0 Å². The second kappa shape index (κ2) is 12.6. The van der Waals surface area contributed by atoms with Gasteiger partial charge < -0.3 is 29.5 Å². The standard InChI is InChI=1S/C35H38F4N4O4/c1-5-23-26(37)7-6-20-12-22(44)13-24(28(20)23)29-27(38)14-25-31(30(29)39)40-33(41-32(25)43-10-11-46-19-35(3,45)17-43)47-18-34(2)16-42(4)9-8-21(34)15-36/h6-7,12-15,44-45H,5,8-11,16-19H2,1-4H3/b21-15+/t34-,35-/m0/s1. The highest BCUT2D eigenvalue weighted by atomic mass is 19.1. The lowest BCUT2D eigenvalue weighted by atomic mass is 9.78. The zero-order chi connectivity index (χ0) is 33.7. The number of β-amino-alcohol motifs (C(OH)–C–C–N with tert-alkyl or cyclic N) is 1. The fraction of sp³-hybridized carbons (Fsp3) is 0.429. The molecule has 6 rings (SSSR count). The molecule has 2 aliphatic heterocycles. The van der Waals surface area contributed by atoms with E-state index in [2.05, 4.69) is 14.9 Å². The van der Waals surface area contributed by atoms with Crippen molar-refractivity contribution in [1.29, 1.82) is 0 Å². The molecule has 0 bridgehead atoms. The number of piperidine rings is 1. The summed E-state index contributed by atoms with van der Waals surface area (Å²) in [5, 5.41) is 22.2. The molecule has 8 nitrogen and oxygen atoms in total. The van der Waals surface area contributed by atoms with Gasteiger partial charge in [0.25, 0.3) is 0 Å². The molecule has 2 atom stereocenters. The van der Waals surface area contributed by atoms with Gasteiger partial charge in [0.15, 0.2) is 5.82 Å². The molecule has 2 saturated heterocycles. The molecule has 0 amide bonds. The Balaban J connectivity index is 1.56. The fourth-order valence-electron chi connectivity index (χ4n) is 6.88. The van der Waals surface area contributed by atoms with Crippen LogP contribution in [0.1, 0.15) is 32.8 Å². The third-order valence-electron chi connectivity index (χ3n) is 9.18. The summed E-state index contributed by atoms with van der Waals surface area (Å²) in [7, 11) is 1.93. The highest BCUT2D eigenvalue weighted by Crippen LogP contribution is 2.42. The van der Waals surface area contributed by atoms with Crippen molar-refractivity contribution in [3.8, 4) is 22.9 Å². The summed E-state index contributed by atoms with van der Waals surface area (Å²) in [6, 6.07) is 6.22. The van der Waals surface area contributed by atoms with E-state index in [9.17, 15) is 19.0 Å². The number of ether oxygens (including phenoxy) is 2. The number of nitrogens with zero attached hydrogens (tertiary/aromatic N) is 4. The molecular weight excluding hydrogens is 616 g/mol. The largest absolute Gasteiger partial charge is 0.508 e. The molecule has 0 saturated carbocycles. The number of benzene rings is 3. The average molecular weight is 655 g/mol. The molecule has 0 radical (unpaired) electrons. The lowest BCUT2D eigenvalue weighted by Crippen LogP contribution is -2.44. The van der Waals surface area contributed by atoms with E-state index in [1.54, 1.807) is 18.7 Å². The second-order valence-corrected chi connectivity index (χ2v) is 13.2. The Hall–Kier alpha value is -4.00. The van der Waals surface area contributed by atoms with E-state index in [4.69, 9.17) is 9.47 Å². The van der Waals surface area contributed by atoms with Crippen molar-refractivity contribution in [3.63, 3.8) is 0 Å². The Labute approximate surface area is 270 Å². The molecular formula is C35H38F4N4O4. The van der Waals surface area contributed by atoms with Crippen LogP contribution in [-0.2, 0) is 11.2 Å². The maximum Gasteiger partial charge on any atom is 0.319 e. The van der Waals surface area contributed by atoms with Crippen LogP contribution in [0.4, 0.5) is 23.4 Å². The predicted molar refractivity (Wildman–Crippen MR) is 172 cm³/mol. The molecule has 1 aromatic heterocycles. The number of aryl methyl sites for hydroxylation is 1. The summed E-state index contributed by atoms with van der Waals surface area (Å²) in [5.74, 6) is -2.69. The van der Waals surface area contributed by atoms with Crippen LogP contribution >= 0.6 is 0 Å². The summed E-state index contributed by atoms with van der Waals surface area (Å²) in [6.07, 6.45) is 1.35. The lowest BCUT2D eigenvalue weighted by Gasteiger charge is -2.40. The molecule has 4 aromatic rings. The molecule has 0 spiro atoms. The van der Waals surface area contributed by atoms with Crippen molar-refractivity contribution in [2.45, 2.75) is 39.2 Å². The normalized spacial score (nSPS) is 23.5. The van der Waals surface area contributed by atoms with Crippen LogP contribution in [0.3, 0.4) is 0 Å². The molecule has 12 heteroatoms. The number of fused-ring (bicyclic) bond motifs is 2. The number of anilines is 1. The van der Waals surface area contributed by atoms with Crippen molar-refractivity contribution < 1.29 is 37.2 Å². The summed E-state index contributed by atoms with van der Waals surface area (Å²) in [5.41, 5.74) is -2.01. The van der Waals surface area contributed by atoms with E-state index in [1.807, 2.05) is 14.0 Å². The SMILES string of the molecule is CCc1c(F)ccc2cc(O)cc(-c3c(F)cc4c(N5CCOC[C@@](C)(O)C5)nc(OC[C@]5(C)CN(C)CC/C5=C\F)nc4c3F)c12. The molecule has 0 aliphatic carbocycles. The molecule has 2 fully saturated rings. The Morgan fingerprint density at radius 2 is 1.85 bits per heavy atom. The van der Waals surface area contributed by atoms with Crippen LogP contribution < -0.4 is 9.64 Å². The molecule has 3 heterocycles. The van der Waals surface area contributed by atoms with Crippen molar-refractivity contribution in [1.82, 2.24) is 14.9 Å². The summed E-state index contributed by atoms with van der Waals surface area (Å²) >= 11 is 0. The Morgan fingerprint density at radius 3 is 2.60 bits per heavy atom. The van der Waals surface area contributed by atoms with E-state index in [-0.39, 0.29) is 84.3 Å². The first-order valence-corrected chi connectivity index (χ1v) is 15.6. The monoisotopic (exact) mass is 654 g/mol. The number of phenols is 1. The van der Waals surface area contributed by atoms with Crippen molar-refractivity contribution in [3.05, 3.63) is 65.2 Å². The molecule has 3 aromatic carbocycles. The number of hydrogen-bond acceptors (Lipinski definition) is 8. The highest BCUT2D eigenvalue weighted by Gasteiger charge is 2.36. The number of halogens is 4. The van der Waals surface area contributed by atoms with Gasteiger partial charge in [-0.15, -0.1) is 0 Å². The van der Waals surface area contributed by atoms with Gasteiger partial charge >= 0.3 is 6.01 Å². The van der Waals surface area contributed by atoms with Crippen LogP contribution in [0.25, 0.3) is 32.8 Å². The summed E-state index contributed by atoms with van der Waals surface area (Å²) in [4.78, 5) is 12.7. The van der Waals surface area contributed by atoms with Gasteiger partial charge in [0.05, 0.1) is 31.7 Å². The van der Waals surface area contributed by atoms with E-state index in [1.165, 1.54) is 24.3 Å². The minimum absolute atomic E-state index is 0.0214. The topological polar surface area (TPSA) is 91.2 Å². The average Bonchev–Trinajstić information content (AvgIpc) is 3.20. The molecule has 2 aliphatic rings. The van der Waals surface area contributed by atoms with Crippen LogP contribution in [0, 0.1) is 22.9 Å². The number of aromatic hydroxyl groups is 1. The molecule has 0 unspecified atom stereocenters. The van der Waals surface area contributed by atoms with Crippen LogP contribution in [-0.4, -0.2) is 83.7 Å². The summed E-state index contributed by atoms with van der Waals surface area (Å²) < 4.78 is 73.7. The van der Waals surface area contributed by atoms with Gasteiger partial charge in [-0.1, -0.05) is 19.9 Å². The lowest BCUT2D eigenvalue weighted by molar-refractivity contribution is -0.0123. The van der Waals surface area contributed by atoms with Crippen molar-refractivity contribution in [2.75, 3.05) is 57.9 Å². The van der Waals surface area contributed by atoms with Gasteiger partial charge in [-0.3, -0.25) is 0 Å². The third-order valence-corrected chi connectivity index (χ3v) is 9.18. The van der Waals surface area contributed by atoms with E-state index in [0.29, 0.717) is 36.8 Å². The van der Waals surface area contributed by atoms with Crippen LogP contribution in [0.15, 0.2) is 42.2 Å². The minimum atomic E-state index is -1.30. The minimum Gasteiger partial charge on any atom is -0.508 e. The zero-order valence-electron chi connectivity index (χ0n) is 26.8. The van der Waals surface area contributed by atoms with E-state index >= 15 is 8.78 Å². The molecule has 250 valence electrons. The third kappa shape index (κ3) is 6.21. The zero-order valence-corrected chi connectivity index (χ0v) is 26.8. The van der Waals surface area contributed by atoms with Gasteiger partial charge in [0.1, 0.15) is 40.9 Å². The van der Waals surface area contributed by atoms with Gasteiger partial charge in [-0.25, -0.2) is 17.6 Å². The van der Waals surface area contributed by atoms with Crippen molar-refractivity contribution in [2.24, 2.45) is 5.41 Å². The van der Waals surface area contributed by atoms with Gasteiger partial charge in [-0.05, 0) is 78.6 Å². The quantitative estimate of drug-likeness (QED) is 0.235. The smallest absolute Gasteiger partial charge is 0.319 e. The van der Waals surface area contributed by atoms with Gasteiger partial charge in [0, 0.05) is 30.4 Å². The van der Waals surface area contributed by atoms with Gasteiger partial charge in [-0.2, -0.15) is 9.97 Å². The number of aliphatic hydroxyl groups is 1. The molecule has 2 N–H and O–H groups in total. The number of phenolic OH excluding ortho intramolecular Hbond substituents is 1. The van der Waals surface area contributed by atoms with E-state index in [0.717, 1.165) is 6.07 Å². The Bertz CT molecular complexity index is 1880. The Kier molecular flexibility index (Phi) is 8.79. The molecule has 47 heavy (non-hydrogen) atoms. The summed E-state index contributed by atoms with van der Waals surface area (Å²) in [6.45, 7) is 6.91. The maximum atomic E-state index is 16.9. The first kappa shape index (κ1) is 32.9.